The summed E-state index contributed by atoms with van der Waals surface area (Å²) in [6.07, 6.45) is 4.88. The summed E-state index contributed by atoms with van der Waals surface area (Å²) in [6, 6.07) is 1.86. The van der Waals surface area contributed by atoms with E-state index in [9.17, 15) is 5.11 Å². The molecule has 1 aromatic heterocycles. The summed E-state index contributed by atoms with van der Waals surface area (Å²) in [5.41, 5.74) is 0.0861. The van der Waals surface area contributed by atoms with Gasteiger partial charge in [-0.25, -0.2) is 0 Å². The lowest BCUT2D eigenvalue weighted by molar-refractivity contribution is 0.0338. The molecule has 1 aliphatic carbocycles. The van der Waals surface area contributed by atoms with Gasteiger partial charge < -0.3 is 14.9 Å². The Bertz CT molecular complexity index is 375. The third-order valence-electron chi connectivity index (χ3n) is 3.89. The molecule has 4 nitrogen and oxygen atoms in total. The summed E-state index contributed by atoms with van der Waals surface area (Å²) in [5, 5.41) is 17.0. The van der Waals surface area contributed by atoms with E-state index >= 15 is 0 Å². The first kappa shape index (κ1) is 13.6. The molecule has 0 bridgehead atoms. The monoisotopic (exact) mass is 252 g/mol. The summed E-state index contributed by atoms with van der Waals surface area (Å²) in [4.78, 5) is 0. The first-order chi connectivity index (χ1) is 8.45. The van der Waals surface area contributed by atoms with Crippen LogP contribution in [-0.4, -0.2) is 22.4 Å². The topological polar surface area (TPSA) is 58.3 Å². The van der Waals surface area contributed by atoms with Crippen LogP contribution >= 0.6 is 0 Å². The van der Waals surface area contributed by atoms with Crippen molar-refractivity contribution in [1.29, 1.82) is 0 Å². The quantitative estimate of drug-likeness (QED) is 0.863. The molecule has 2 N–H and O–H groups in total. The molecule has 0 spiro atoms. The summed E-state index contributed by atoms with van der Waals surface area (Å²) in [7, 11) is 0. The van der Waals surface area contributed by atoms with Crippen LogP contribution in [0.4, 0.5) is 0 Å². The Labute approximate surface area is 109 Å². The molecule has 1 heterocycles. The van der Waals surface area contributed by atoms with E-state index in [1.165, 1.54) is 6.42 Å². The zero-order valence-electron chi connectivity index (χ0n) is 11.6. The number of nitrogens with zero attached hydrogens (tertiary/aromatic N) is 1. The fourth-order valence-corrected chi connectivity index (χ4v) is 3.66. The van der Waals surface area contributed by atoms with Crippen LogP contribution in [0.15, 0.2) is 16.8 Å². The van der Waals surface area contributed by atoms with Crippen LogP contribution in [0, 0.1) is 11.3 Å². The van der Waals surface area contributed by atoms with Crippen LogP contribution in [0.25, 0.3) is 0 Å². The van der Waals surface area contributed by atoms with E-state index in [0.29, 0.717) is 12.5 Å². The van der Waals surface area contributed by atoms with E-state index in [1.807, 2.05) is 6.07 Å². The van der Waals surface area contributed by atoms with Crippen LogP contribution in [0.5, 0.6) is 0 Å². The Morgan fingerprint density at radius 2 is 2.28 bits per heavy atom. The third-order valence-corrected chi connectivity index (χ3v) is 3.89. The van der Waals surface area contributed by atoms with Gasteiger partial charge in [-0.05, 0) is 30.6 Å². The van der Waals surface area contributed by atoms with Gasteiger partial charge >= 0.3 is 0 Å². The van der Waals surface area contributed by atoms with Crippen LogP contribution in [-0.2, 0) is 6.54 Å². The highest BCUT2D eigenvalue weighted by Gasteiger charge is 2.42. The SMILES string of the molecule is CC1CC(C)(C)CC(CO)(NCc2ccno2)C1. The Balaban J connectivity index is 2.05. The third kappa shape index (κ3) is 3.12. The number of hydrogen-bond acceptors (Lipinski definition) is 4. The zero-order valence-corrected chi connectivity index (χ0v) is 11.6. The normalized spacial score (nSPS) is 31.4. The van der Waals surface area contributed by atoms with Gasteiger partial charge in [0.05, 0.1) is 19.3 Å². The molecule has 0 aliphatic heterocycles. The number of rotatable bonds is 4. The van der Waals surface area contributed by atoms with E-state index in [0.717, 1.165) is 18.6 Å². The Morgan fingerprint density at radius 3 is 2.83 bits per heavy atom. The van der Waals surface area contributed by atoms with Crippen molar-refractivity contribution in [3.05, 3.63) is 18.0 Å². The summed E-state index contributed by atoms with van der Waals surface area (Å²) in [5.74, 6) is 1.45. The first-order valence-electron chi connectivity index (χ1n) is 6.70. The molecule has 0 aromatic carbocycles. The highest BCUT2D eigenvalue weighted by molar-refractivity contribution is 5.01. The van der Waals surface area contributed by atoms with Gasteiger partial charge in [-0.2, -0.15) is 0 Å². The minimum absolute atomic E-state index is 0.176. The molecule has 2 rings (SSSR count). The molecule has 1 saturated carbocycles. The fraction of sp³-hybridized carbons (Fsp3) is 0.786. The molecule has 2 unspecified atom stereocenters. The van der Waals surface area contributed by atoms with E-state index in [4.69, 9.17) is 4.52 Å². The second kappa shape index (κ2) is 5.02. The maximum absolute atomic E-state index is 9.81. The molecule has 0 amide bonds. The van der Waals surface area contributed by atoms with E-state index in [2.05, 4.69) is 31.2 Å². The number of nitrogens with one attached hydrogen (secondary N) is 1. The Morgan fingerprint density at radius 1 is 1.50 bits per heavy atom. The first-order valence-corrected chi connectivity index (χ1v) is 6.70. The maximum atomic E-state index is 9.81. The summed E-state index contributed by atoms with van der Waals surface area (Å²) < 4.78 is 5.10. The largest absolute Gasteiger partial charge is 0.394 e. The van der Waals surface area contributed by atoms with Crippen molar-refractivity contribution < 1.29 is 9.63 Å². The lowest BCUT2D eigenvalue weighted by Gasteiger charge is -2.47. The van der Waals surface area contributed by atoms with E-state index in [1.54, 1.807) is 6.20 Å². The van der Waals surface area contributed by atoms with Crippen molar-refractivity contribution in [2.45, 2.75) is 52.1 Å². The molecule has 18 heavy (non-hydrogen) atoms. The molecule has 1 aromatic rings. The van der Waals surface area contributed by atoms with E-state index in [-0.39, 0.29) is 17.6 Å². The minimum atomic E-state index is -0.187. The van der Waals surface area contributed by atoms with Crippen LogP contribution in [0.1, 0.15) is 45.8 Å². The lowest BCUT2D eigenvalue weighted by atomic mass is 9.64. The zero-order chi connectivity index (χ0) is 13.2. The second-order valence-corrected chi connectivity index (χ2v) is 6.63. The Kier molecular flexibility index (Phi) is 3.78. The lowest BCUT2D eigenvalue weighted by Crippen LogP contribution is -2.54. The van der Waals surface area contributed by atoms with Gasteiger partial charge in [0, 0.05) is 11.6 Å². The van der Waals surface area contributed by atoms with Crippen LogP contribution in [0.2, 0.25) is 0 Å². The van der Waals surface area contributed by atoms with Crippen LogP contribution < -0.4 is 5.32 Å². The summed E-state index contributed by atoms with van der Waals surface area (Å²) >= 11 is 0. The fourth-order valence-electron chi connectivity index (χ4n) is 3.66. The van der Waals surface area contributed by atoms with Crippen molar-refractivity contribution in [3.8, 4) is 0 Å². The smallest absolute Gasteiger partial charge is 0.150 e. The molecular weight excluding hydrogens is 228 g/mol. The van der Waals surface area contributed by atoms with Crippen molar-refractivity contribution in [2.24, 2.45) is 11.3 Å². The minimum Gasteiger partial charge on any atom is -0.394 e. The molecular formula is C14H24N2O2. The van der Waals surface area contributed by atoms with Gasteiger partial charge in [-0.3, -0.25) is 0 Å². The summed E-state index contributed by atoms with van der Waals surface area (Å²) in [6.45, 7) is 7.63. The maximum Gasteiger partial charge on any atom is 0.150 e. The van der Waals surface area contributed by atoms with Crippen LogP contribution in [0.3, 0.4) is 0 Å². The standard InChI is InChI=1S/C14H24N2O2/c1-11-6-13(2,3)9-14(7-11,10-17)15-8-12-4-5-16-18-12/h4-5,11,15,17H,6-10H2,1-3H3. The van der Waals surface area contributed by atoms with Crippen molar-refractivity contribution in [1.82, 2.24) is 10.5 Å². The second-order valence-electron chi connectivity index (χ2n) is 6.63. The molecule has 1 aliphatic rings. The number of hydrogen-bond donors (Lipinski definition) is 2. The predicted octanol–water partition coefficient (Wildman–Crippen LogP) is 2.34. The number of aliphatic hydroxyl groups is 1. The average Bonchev–Trinajstić information content (AvgIpc) is 2.76. The predicted molar refractivity (Wildman–Crippen MR) is 70.0 cm³/mol. The Hall–Kier alpha value is -0.870. The molecule has 102 valence electrons. The number of aromatic nitrogens is 1. The van der Waals surface area contributed by atoms with Gasteiger partial charge in [0.15, 0.2) is 0 Å². The van der Waals surface area contributed by atoms with Gasteiger partial charge in [-0.15, -0.1) is 0 Å². The highest BCUT2D eigenvalue weighted by atomic mass is 16.5. The molecule has 1 fully saturated rings. The van der Waals surface area contributed by atoms with Crippen molar-refractivity contribution in [2.75, 3.05) is 6.61 Å². The molecule has 0 radical (unpaired) electrons. The van der Waals surface area contributed by atoms with Gasteiger partial charge in [0.2, 0.25) is 0 Å². The van der Waals surface area contributed by atoms with Gasteiger partial charge in [0.25, 0.3) is 0 Å². The van der Waals surface area contributed by atoms with Crippen molar-refractivity contribution in [3.63, 3.8) is 0 Å². The molecule has 2 atom stereocenters. The average molecular weight is 252 g/mol. The van der Waals surface area contributed by atoms with Gasteiger partial charge in [-0.1, -0.05) is 25.9 Å². The number of aliphatic hydroxyl groups excluding tert-OH is 1. The molecule has 0 saturated heterocycles. The van der Waals surface area contributed by atoms with Gasteiger partial charge in [0.1, 0.15) is 5.76 Å². The molecule has 4 heteroatoms. The van der Waals surface area contributed by atoms with Crippen molar-refractivity contribution >= 4 is 0 Å². The van der Waals surface area contributed by atoms with E-state index < -0.39 is 0 Å². The highest BCUT2D eigenvalue weighted by Crippen LogP contribution is 2.43.